The summed E-state index contributed by atoms with van der Waals surface area (Å²) >= 11 is 0. The second kappa shape index (κ2) is 14.5. The zero-order chi connectivity index (χ0) is 31.1. The number of benzene rings is 3. The van der Waals surface area contributed by atoms with E-state index in [1.165, 1.54) is 16.7 Å². The predicted molar refractivity (Wildman–Crippen MR) is 174 cm³/mol. The number of aryl methyl sites for hydroxylation is 2. The summed E-state index contributed by atoms with van der Waals surface area (Å²) in [6.07, 6.45) is 1.93. The molecule has 2 atom stereocenters. The van der Waals surface area contributed by atoms with Crippen molar-refractivity contribution in [1.29, 1.82) is 0 Å². The monoisotopic (exact) mass is 590 g/mol. The Labute approximate surface area is 253 Å². The maximum atomic E-state index is 12.7. The third-order valence-electron chi connectivity index (χ3n) is 8.83. The Morgan fingerprint density at radius 2 is 1.67 bits per heavy atom. The number of nitrogens with one attached hydrogen (secondary N) is 2. The fraction of sp³-hybridized carbons (Fsp3) is 0.457. The zero-order valence-corrected chi connectivity index (χ0v) is 27.4. The SMILES string of the molecule is Cc1ccc(CNC(=O)Cc2cccc(C[C@@H](C)NC[C@H](CC(C)(C)[Si](C)(C)O)c3ccc(O)c(CO)c3)c2)cc1C. The molecule has 5 N–H and O–H groups in total. The van der Waals surface area contributed by atoms with Crippen molar-refractivity contribution in [3.05, 3.63) is 99.6 Å². The fourth-order valence-electron chi connectivity index (χ4n) is 5.16. The summed E-state index contributed by atoms with van der Waals surface area (Å²) < 4.78 is 0. The first-order valence-corrected chi connectivity index (χ1v) is 17.9. The van der Waals surface area contributed by atoms with Crippen molar-refractivity contribution in [1.82, 2.24) is 10.6 Å². The summed E-state index contributed by atoms with van der Waals surface area (Å²) in [5.74, 6) is 0.199. The van der Waals surface area contributed by atoms with Gasteiger partial charge >= 0.3 is 0 Å². The van der Waals surface area contributed by atoms with Crippen molar-refractivity contribution in [3.8, 4) is 5.75 Å². The minimum Gasteiger partial charge on any atom is -0.508 e. The third kappa shape index (κ3) is 9.53. The molecule has 0 spiro atoms. The highest BCUT2D eigenvalue weighted by Crippen LogP contribution is 2.44. The molecule has 0 saturated carbocycles. The summed E-state index contributed by atoms with van der Waals surface area (Å²) in [4.78, 5) is 23.6. The molecule has 42 heavy (non-hydrogen) atoms. The minimum atomic E-state index is -2.44. The van der Waals surface area contributed by atoms with Gasteiger partial charge < -0.3 is 25.6 Å². The lowest BCUT2D eigenvalue weighted by Crippen LogP contribution is -2.41. The molecule has 1 amide bonds. The van der Waals surface area contributed by atoms with Gasteiger partial charge in [0.1, 0.15) is 5.75 Å². The van der Waals surface area contributed by atoms with Gasteiger partial charge in [-0.3, -0.25) is 4.79 Å². The number of amides is 1. The lowest BCUT2D eigenvalue weighted by Gasteiger charge is -2.38. The van der Waals surface area contributed by atoms with Crippen molar-refractivity contribution >= 4 is 14.2 Å². The molecule has 0 aliphatic rings. The van der Waals surface area contributed by atoms with Crippen LogP contribution in [0.1, 0.15) is 72.1 Å². The molecule has 7 heteroatoms. The van der Waals surface area contributed by atoms with Crippen LogP contribution in [0.25, 0.3) is 0 Å². The van der Waals surface area contributed by atoms with E-state index in [-0.39, 0.29) is 35.3 Å². The maximum Gasteiger partial charge on any atom is 0.224 e. The lowest BCUT2D eigenvalue weighted by atomic mass is 9.88. The number of hydrogen-bond donors (Lipinski definition) is 5. The van der Waals surface area contributed by atoms with E-state index >= 15 is 0 Å². The number of aliphatic hydroxyl groups is 1. The summed E-state index contributed by atoms with van der Waals surface area (Å²) in [6, 6.07) is 20.1. The standard InChI is InChI=1S/C35H50N2O4Si/c1-24-11-12-29(15-25(24)2)21-37-34(40)18-28-10-8-9-27(17-28)16-26(3)36-22-32(20-35(4,5)42(6,7)41)30-13-14-33(39)31(19-30)23-38/h8-15,17,19,26,32,36,38-39,41H,16,18,20-23H2,1-7H3,(H,37,40)/t26-,32+/m1/s1. The van der Waals surface area contributed by atoms with E-state index in [0.717, 1.165) is 29.5 Å². The molecule has 0 heterocycles. The van der Waals surface area contributed by atoms with Crippen LogP contribution < -0.4 is 10.6 Å². The average molecular weight is 591 g/mol. The van der Waals surface area contributed by atoms with Gasteiger partial charge in [-0.05, 0) is 103 Å². The van der Waals surface area contributed by atoms with Gasteiger partial charge in [0.15, 0.2) is 8.32 Å². The molecule has 0 radical (unpaired) electrons. The second-order valence-electron chi connectivity index (χ2n) is 13.1. The number of carbonyl (C=O) groups excluding carboxylic acids is 1. The van der Waals surface area contributed by atoms with Crippen molar-refractivity contribution in [2.24, 2.45) is 0 Å². The Kier molecular flexibility index (Phi) is 11.6. The smallest absolute Gasteiger partial charge is 0.224 e. The molecule has 0 aromatic heterocycles. The van der Waals surface area contributed by atoms with Crippen LogP contribution in [0.2, 0.25) is 18.1 Å². The highest BCUT2D eigenvalue weighted by molar-refractivity contribution is 6.72. The Morgan fingerprint density at radius 1 is 0.952 bits per heavy atom. The fourth-order valence-corrected chi connectivity index (χ4v) is 5.90. The Balaban J connectivity index is 1.62. The molecule has 0 fully saturated rings. The van der Waals surface area contributed by atoms with Gasteiger partial charge in [0.25, 0.3) is 0 Å². The van der Waals surface area contributed by atoms with Gasteiger partial charge in [-0.2, -0.15) is 0 Å². The van der Waals surface area contributed by atoms with Crippen LogP contribution in [-0.2, 0) is 30.8 Å². The Hall–Kier alpha value is -2.97. The van der Waals surface area contributed by atoms with Crippen LogP contribution >= 0.6 is 0 Å². The summed E-state index contributed by atoms with van der Waals surface area (Å²) in [7, 11) is -2.44. The van der Waals surface area contributed by atoms with Crippen LogP contribution in [0, 0.1) is 13.8 Å². The van der Waals surface area contributed by atoms with Gasteiger partial charge in [0.2, 0.25) is 5.91 Å². The van der Waals surface area contributed by atoms with E-state index in [0.29, 0.717) is 25.1 Å². The van der Waals surface area contributed by atoms with Crippen molar-refractivity contribution < 1.29 is 19.8 Å². The zero-order valence-electron chi connectivity index (χ0n) is 26.4. The molecule has 228 valence electrons. The average Bonchev–Trinajstić information content (AvgIpc) is 2.91. The molecular formula is C35H50N2O4Si. The van der Waals surface area contributed by atoms with E-state index in [1.54, 1.807) is 6.07 Å². The molecule has 0 bridgehead atoms. The van der Waals surface area contributed by atoms with Gasteiger partial charge in [-0.1, -0.05) is 62.4 Å². The normalized spacial score (nSPS) is 13.5. The first-order valence-electron chi connectivity index (χ1n) is 15.0. The largest absolute Gasteiger partial charge is 0.508 e. The van der Waals surface area contributed by atoms with E-state index < -0.39 is 8.32 Å². The van der Waals surface area contributed by atoms with E-state index in [2.05, 4.69) is 75.6 Å². The minimum absolute atomic E-state index is 0.00788. The summed E-state index contributed by atoms with van der Waals surface area (Å²) in [5, 5.41) is 26.3. The summed E-state index contributed by atoms with van der Waals surface area (Å²) in [6.45, 7) is 15.6. The number of phenols is 1. The van der Waals surface area contributed by atoms with Crippen LogP contribution in [-0.4, -0.2) is 41.8 Å². The first-order chi connectivity index (χ1) is 19.7. The molecule has 6 nitrogen and oxygen atoms in total. The van der Waals surface area contributed by atoms with Crippen molar-refractivity contribution in [2.45, 2.75) is 97.1 Å². The molecule has 0 aliphatic heterocycles. The summed E-state index contributed by atoms with van der Waals surface area (Å²) in [5.41, 5.74) is 7.29. The highest BCUT2D eigenvalue weighted by Gasteiger charge is 2.40. The van der Waals surface area contributed by atoms with Gasteiger partial charge in [-0.15, -0.1) is 0 Å². The Bertz CT molecular complexity index is 1350. The third-order valence-corrected chi connectivity index (χ3v) is 12.3. The first kappa shape index (κ1) is 33.5. The molecular weight excluding hydrogens is 540 g/mol. The molecule has 3 aromatic rings. The Morgan fingerprint density at radius 3 is 2.33 bits per heavy atom. The predicted octanol–water partition coefficient (Wildman–Crippen LogP) is 6.03. The van der Waals surface area contributed by atoms with E-state index in [1.807, 2.05) is 37.4 Å². The van der Waals surface area contributed by atoms with Crippen LogP contribution in [0.3, 0.4) is 0 Å². The maximum absolute atomic E-state index is 12.7. The number of aromatic hydroxyl groups is 1. The highest BCUT2D eigenvalue weighted by atomic mass is 28.4. The number of rotatable bonds is 14. The molecule has 0 aliphatic carbocycles. The number of carbonyl (C=O) groups is 1. The van der Waals surface area contributed by atoms with E-state index in [4.69, 9.17) is 0 Å². The topological polar surface area (TPSA) is 102 Å². The quantitative estimate of drug-likeness (QED) is 0.148. The number of aliphatic hydroxyl groups excluding tert-OH is 1. The molecule has 0 saturated heterocycles. The lowest BCUT2D eigenvalue weighted by molar-refractivity contribution is -0.120. The van der Waals surface area contributed by atoms with Crippen LogP contribution in [0.5, 0.6) is 5.75 Å². The van der Waals surface area contributed by atoms with Gasteiger partial charge in [0, 0.05) is 24.7 Å². The van der Waals surface area contributed by atoms with Crippen LogP contribution in [0.15, 0.2) is 60.7 Å². The van der Waals surface area contributed by atoms with E-state index in [9.17, 15) is 19.8 Å². The molecule has 3 rings (SSSR count). The van der Waals surface area contributed by atoms with Gasteiger partial charge in [0.05, 0.1) is 13.0 Å². The van der Waals surface area contributed by atoms with Crippen molar-refractivity contribution in [2.75, 3.05) is 6.54 Å². The molecule has 0 unspecified atom stereocenters. The molecule has 3 aromatic carbocycles. The number of hydrogen-bond acceptors (Lipinski definition) is 5. The van der Waals surface area contributed by atoms with Crippen molar-refractivity contribution in [3.63, 3.8) is 0 Å². The van der Waals surface area contributed by atoms with Gasteiger partial charge in [-0.25, -0.2) is 0 Å². The second-order valence-corrected chi connectivity index (χ2v) is 17.6. The van der Waals surface area contributed by atoms with Crippen LogP contribution in [0.4, 0.5) is 0 Å².